The van der Waals surface area contributed by atoms with Gasteiger partial charge >= 0.3 is 5.97 Å². The molecular weight excluding hydrogens is 284 g/mol. The van der Waals surface area contributed by atoms with Crippen LogP contribution in [0, 0.1) is 5.41 Å². The van der Waals surface area contributed by atoms with Crippen molar-refractivity contribution in [1.82, 2.24) is 0 Å². The highest BCUT2D eigenvalue weighted by atomic mass is 79.9. The predicted octanol–water partition coefficient (Wildman–Crippen LogP) is 2.83. The van der Waals surface area contributed by atoms with Crippen molar-refractivity contribution >= 4 is 27.7 Å². The Balaban J connectivity index is 2.57. The molecule has 0 aliphatic carbocycles. The molecular formula is C13H15BrO3. The minimum Gasteiger partial charge on any atom is -0.461 e. The zero-order valence-corrected chi connectivity index (χ0v) is 11.5. The summed E-state index contributed by atoms with van der Waals surface area (Å²) in [6.07, 6.45) is 0. The average molecular weight is 299 g/mol. The molecule has 0 saturated carbocycles. The number of rotatable bonds is 5. The number of ketones is 1. The fourth-order valence-electron chi connectivity index (χ4n) is 1.16. The molecule has 0 heterocycles. The molecule has 0 aliphatic rings. The van der Waals surface area contributed by atoms with Gasteiger partial charge in [0.25, 0.3) is 0 Å². The first-order valence-electron chi connectivity index (χ1n) is 5.29. The summed E-state index contributed by atoms with van der Waals surface area (Å²) in [5.74, 6) is -0.389. The van der Waals surface area contributed by atoms with Crippen molar-refractivity contribution in [2.45, 2.75) is 13.8 Å². The quantitative estimate of drug-likeness (QED) is 0.620. The van der Waals surface area contributed by atoms with Crippen molar-refractivity contribution < 1.29 is 14.3 Å². The van der Waals surface area contributed by atoms with Gasteiger partial charge < -0.3 is 4.74 Å². The van der Waals surface area contributed by atoms with Gasteiger partial charge in [-0.25, -0.2) is 4.79 Å². The maximum Gasteiger partial charge on any atom is 0.338 e. The van der Waals surface area contributed by atoms with Crippen molar-refractivity contribution in [3.63, 3.8) is 0 Å². The van der Waals surface area contributed by atoms with E-state index in [0.717, 1.165) is 0 Å². The number of esters is 1. The van der Waals surface area contributed by atoms with E-state index in [2.05, 4.69) is 15.9 Å². The monoisotopic (exact) mass is 298 g/mol. The Kier molecular flexibility index (Phi) is 4.87. The van der Waals surface area contributed by atoms with E-state index in [4.69, 9.17) is 4.74 Å². The summed E-state index contributed by atoms with van der Waals surface area (Å²) in [6, 6.07) is 8.73. The molecule has 92 valence electrons. The number of alkyl halides is 1. The van der Waals surface area contributed by atoms with Crippen molar-refractivity contribution in [3.8, 4) is 0 Å². The molecule has 3 nitrogen and oxygen atoms in total. The normalized spacial score (nSPS) is 11.0. The van der Waals surface area contributed by atoms with E-state index in [0.29, 0.717) is 5.56 Å². The maximum absolute atomic E-state index is 11.7. The summed E-state index contributed by atoms with van der Waals surface area (Å²) < 4.78 is 5.14. The van der Waals surface area contributed by atoms with Gasteiger partial charge in [0.1, 0.15) is 6.61 Å². The van der Waals surface area contributed by atoms with Gasteiger partial charge in [0.05, 0.1) is 16.3 Å². The highest BCUT2D eigenvalue weighted by Crippen LogP contribution is 2.19. The van der Waals surface area contributed by atoms with E-state index in [9.17, 15) is 9.59 Å². The lowest BCUT2D eigenvalue weighted by Crippen LogP contribution is -2.31. The van der Waals surface area contributed by atoms with Crippen LogP contribution in [0.2, 0.25) is 0 Å². The first-order valence-corrected chi connectivity index (χ1v) is 6.41. The number of carbonyl (C=O) groups is 2. The van der Waals surface area contributed by atoms with Crippen LogP contribution in [0.3, 0.4) is 0 Å². The summed E-state index contributed by atoms with van der Waals surface area (Å²) >= 11 is 3.11. The second-order valence-electron chi connectivity index (χ2n) is 4.38. The predicted molar refractivity (Wildman–Crippen MR) is 69.3 cm³/mol. The van der Waals surface area contributed by atoms with Gasteiger partial charge in [-0.3, -0.25) is 4.79 Å². The van der Waals surface area contributed by atoms with Crippen LogP contribution in [0.1, 0.15) is 24.2 Å². The first-order chi connectivity index (χ1) is 7.97. The molecule has 0 amide bonds. The minimum atomic E-state index is -0.659. The van der Waals surface area contributed by atoms with Crippen LogP contribution in [-0.4, -0.2) is 23.7 Å². The number of hydrogen-bond acceptors (Lipinski definition) is 3. The van der Waals surface area contributed by atoms with Crippen LogP contribution in [-0.2, 0) is 9.53 Å². The van der Waals surface area contributed by atoms with Gasteiger partial charge in [0, 0.05) is 0 Å². The molecule has 0 bridgehead atoms. The van der Waals surface area contributed by atoms with Crippen molar-refractivity contribution in [2.75, 3.05) is 11.9 Å². The van der Waals surface area contributed by atoms with Crippen LogP contribution < -0.4 is 0 Å². The molecule has 17 heavy (non-hydrogen) atoms. The van der Waals surface area contributed by atoms with Gasteiger partial charge in [-0.1, -0.05) is 34.1 Å². The number of benzene rings is 1. The number of Topliss-reactive ketones (excluding diaryl/α,β-unsaturated/α-hetero) is 1. The first kappa shape index (κ1) is 13.9. The molecule has 0 unspecified atom stereocenters. The second kappa shape index (κ2) is 5.96. The Bertz CT molecular complexity index is 398. The van der Waals surface area contributed by atoms with E-state index in [1.807, 2.05) is 6.07 Å². The third-order valence-electron chi connectivity index (χ3n) is 2.45. The Hall–Kier alpha value is -1.16. The SMILES string of the molecule is CC(C)(COC(=O)c1ccccc1)C(=O)CBr. The molecule has 0 radical (unpaired) electrons. The lowest BCUT2D eigenvalue weighted by atomic mass is 9.90. The van der Waals surface area contributed by atoms with E-state index in [1.165, 1.54) is 0 Å². The Morgan fingerprint density at radius 3 is 2.35 bits per heavy atom. The average Bonchev–Trinajstić information content (AvgIpc) is 2.36. The van der Waals surface area contributed by atoms with Crippen LogP contribution >= 0.6 is 15.9 Å². The smallest absolute Gasteiger partial charge is 0.338 e. The third-order valence-corrected chi connectivity index (χ3v) is 2.96. The van der Waals surface area contributed by atoms with Crippen molar-refractivity contribution in [2.24, 2.45) is 5.41 Å². The third kappa shape index (κ3) is 3.97. The summed E-state index contributed by atoms with van der Waals surface area (Å²) in [4.78, 5) is 23.2. The largest absolute Gasteiger partial charge is 0.461 e. The lowest BCUT2D eigenvalue weighted by molar-refractivity contribution is -0.126. The van der Waals surface area contributed by atoms with E-state index in [1.54, 1.807) is 38.1 Å². The molecule has 0 aromatic heterocycles. The molecule has 0 saturated heterocycles. The standard InChI is InChI=1S/C13H15BrO3/c1-13(2,11(15)8-14)9-17-12(16)10-6-4-3-5-7-10/h3-7H,8-9H2,1-2H3. The fraction of sp³-hybridized carbons (Fsp3) is 0.385. The minimum absolute atomic E-state index is 0.0124. The van der Waals surface area contributed by atoms with Crippen LogP contribution in [0.5, 0.6) is 0 Å². The Labute approximate surface area is 109 Å². The lowest BCUT2D eigenvalue weighted by Gasteiger charge is -2.21. The fourth-order valence-corrected chi connectivity index (χ4v) is 1.92. The number of hydrogen-bond donors (Lipinski definition) is 0. The highest BCUT2D eigenvalue weighted by Gasteiger charge is 2.28. The second-order valence-corrected chi connectivity index (χ2v) is 4.94. The summed E-state index contributed by atoms with van der Waals surface area (Å²) in [5, 5.41) is 0.267. The number of carbonyl (C=O) groups excluding carboxylic acids is 2. The highest BCUT2D eigenvalue weighted by molar-refractivity contribution is 9.09. The van der Waals surface area contributed by atoms with E-state index < -0.39 is 11.4 Å². The molecule has 0 aliphatic heterocycles. The number of ether oxygens (including phenoxy) is 1. The van der Waals surface area contributed by atoms with Crippen molar-refractivity contribution in [3.05, 3.63) is 35.9 Å². The molecule has 1 rings (SSSR count). The number of halogens is 1. The zero-order chi connectivity index (χ0) is 12.9. The van der Waals surface area contributed by atoms with E-state index >= 15 is 0 Å². The van der Waals surface area contributed by atoms with E-state index in [-0.39, 0.29) is 17.7 Å². The molecule has 1 aromatic carbocycles. The Morgan fingerprint density at radius 1 is 1.24 bits per heavy atom. The van der Waals surface area contributed by atoms with Crippen LogP contribution in [0.4, 0.5) is 0 Å². The van der Waals surface area contributed by atoms with Gasteiger partial charge in [-0.2, -0.15) is 0 Å². The topological polar surface area (TPSA) is 43.4 Å². The molecule has 0 N–H and O–H groups in total. The van der Waals surface area contributed by atoms with Gasteiger partial charge in [0.15, 0.2) is 5.78 Å². The van der Waals surface area contributed by atoms with Gasteiger partial charge in [0.2, 0.25) is 0 Å². The van der Waals surface area contributed by atoms with Gasteiger partial charge in [-0.15, -0.1) is 0 Å². The van der Waals surface area contributed by atoms with Crippen LogP contribution in [0.15, 0.2) is 30.3 Å². The molecule has 0 spiro atoms. The van der Waals surface area contributed by atoms with Crippen LogP contribution in [0.25, 0.3) is 0 Å². The molecule has 0 fully saturated rings. The molecule has 1 aromatic rings. The Morgan fingerprint density at radius 2 is 1.82 bits per heavy atom. The zero-order valence-electron chi connectivity index (χ0n) is 9.90. The van der Waals surface area contributed by atoms with Crippen molar-refractivity contribution in [1.29, 1.82) is 0 Å². The summed E-state index contributed by atoms with van der Waals surface area (Å²) in [6.45, 7) is 3.61. The van der Waals surface area contributed by atoms with Gasteiger partial charge in [-0.05, 0) is 26.0 Å². The molecule has 4 heteroatoms. The molecule has 0 atom stereocenters. The summed E-state index contributed by atoms with van der Waals surface area (Å²) in [5.41, 5.74) is -0.164. The maximum atomic E-state index is 11.7. The summed E-state index contributed by atoms with van der Waals surface area (Å²) in [7, 11) is 0.